The molecule has 0 spiro atoms. The van der Waals surface area contributed by atoms with E-state index in [1.54, 1.807) is 0 Å². The first-order chi connectivity index (χ1) is 7.15. The summed E-state index contributed by atoms with van der Waals surface area (Å²) >= 11 is 0. The minimum absolute atomic E-state index is 0. The monoisotopic (exact) mass is 285 g/mol. The normalized spacial score (nSPS) is 9.76. The van der Waals surface area contributed by atoms with Crippen molar-refractivity contribution in [1.82, 2.24) is 0 Å². The molecule has 0 aliphatic rings. The van der Waals surface area contributed by atoms with Gasteiger partial charge in [0.25, 0.3) is 0 Å². The molecule has 0 aliphatic carbocycles. The van der Waals surface area contributed by atoms with Gasteiger partial charge in [0.1, 0.15) is 0 Å². The number of carbonyl (C=O) groups is 1. The quantitative estimate of drug-likeness (QED) is 0.420. The Balaban J connectivity index is -0.000000340. The standard InChI is InChI=1S/C10H20O2.BO3.Mn/c1-10(2,3)8-6-4-5-7-9(11)12;2-1(3)4;/h4-8H2,1-3H3,(H,11,12);;/q;-3;/p-1. The van der Waals surface area contributed by atoms with Gasteiger partial charge in [-0.05, 0) is 24.7 Å². The number of hydrogen-bond acceptors (Lipinski definition) is 5. The Morgan fingerprint density at radius 3 is 1.76 bits per heavy atom. The maximum atomic E-state index is 10.0. The second-order valence-electron chi connectivity index (χ2n) is 4.78. The number of carboxylic acids is 1. The summed E-state index contributed by atoms with van der Waals surface area (Å²) in [5, 5.41) is 35.3. The maximum Gasteiger partial charge on any atom is 0.0414 e. The molecule has 7 heteroatoms. The van der Waals surface area contributed by atoms with Gasteiger partial charge in [-0.15, -0.1) is 0 Å². The fourth-order valence-corrected chi connectivity index (χ4v) is 1.10. The van der Waals surface area contributed by atoms with Crippen LogP contribution >= 0.6 is 0 Å². The molecule has 0 unspecified atom stereocenters. The predicted octanol–water partition coefficient (Wildman–Crippen LogP) is -2.22. The van der Waals surface area contributed by atoms with Crippen LogP contribution in [0.25, 0.3) is 0 Å². The summed E-state index contributed by atoms with van der Waals surface area (Å²) in [5.41, 5.74) is 0.376. The van der Waals surface area contributed by atoms with E-state index < -0.39 is 13.3 Å². The van der Waals surface area contributed by atoms with Gasteiger partial charge < -0.3 is 25.0 Å². The van der Waals surface area contributed by atoms with Gasteiger partial charge in [0, 0.05) is 23.0 Å². The molecule has 0 atom stereocenters. The van der Waals surface area contributed by atoms with E-state index in [4.69, 9.17) is 15.1 Å². The molecule has 0 saturated carbocycles. The fraction of sp³-hybridized carbons (Fsp3) is 0.900. The molecule has 0 amide bonds. The van der Waals surface area contributed by atoms with E-state index in [1.807, 2.05) is 0 Å². The first-order valence-corrected chi connectivity index (χ1v) is 5.32. The van der Waals surface area contributed by atoms with Crippen molar-refractivity contribution in [2.45, 2.75) is 52.9 Å². The van der Waals surface area contributed by atoms with Crippen LogP contribution in [0, 0.1) is 5.41 Å². The SMILES string of the molecule is CC(C)(C)CCCCCC(=O)[O-].[Mn].[O-]B([O-])[O-]. The predicted molar refractivity (Wildman–Crippen MR) is 53.3 cm³/mol. The van der Waals surface area contributed by atoms with Crippen LogP contribution in [0.5, 0.6) is 0 Å². The van der Waals surface area contributed by atoms with Gasteiger partial charge in [-0.25, -0.2) is 0 Å². The number of carboxylic acid groups (broad SMARTS) is 1. The van der Waals surface area contributed by atoms with Crippen LogP contribution < -0.4 is 20.2 Å². The van der Waals surface area contributed by atoms with E-state index in [-0.39, 0.29) is 23.5 Å². The Morgan fingerprint density at radius 1 is 1.06 bits per heavy atom. The van der Waals surface area contributed by atoms with Crippen molar-refractivity contribution in [2.24, 2.45) is 5.41 Å². The van der Waals surface area contributed by atoms with Crippen LogP contribution in [0.4, 0.5) is 0 Å². The summed E-state index contributed by atoms with van der Waals surface area (Å²) in [6.45, 7) is 6.60. The zero-order valence-corrected chi connectivity index (χ0v) is 11.7. The Hall–Kier alpha value is -0.0656. The minimum atomic E-state index is -2.92. The Labute approximate surface area is 114 Å². The van der Waals surface area contributed by atoms with Gasteiger partial charge in [-0.2, -0.15) is 0 Å². The molecule has 0 aromatic heterocycles. The molecule has 0 N–H and O–H groups in total. The molecule has 1 radical (unpaired) electrons. The van der Waals surface area contributed by atoms with E-state index in [1.165, 1.54) is 6.42 Å². The summed E-state index contributed by atoms with van der Waals surface area (Å²) in [6, 6.07) is 0. The Kier molecular flexibility index (Phi) is 16.1. The van der Waals surface area contributed by atoms with Gasteiger partial charge in [0.05, 0.1) is 0 Å². The first kappa shape index (κ1) is 22.1. The average molecular weight is 285 g/mol. The van der Waals surface area contributed by atoms with Gasteiger partial charge in [-0.3, -0.25) is 7.32 Å². The van der Waals surface area contributed by atoms with Gasteiger partial charge in [-0.1, -0.05) is 33.6 Å². The summed E-state index contributed by atoms with van der Waals surface area (Å²) in [7, 11) is -2.92. The largest absolute Gasteiger partial charge is 0.907 e. The summed E-state index contributed by atoms with van der Waals surface area (Å²) in [5.74, 6) is -0.925. The van der Waals surface area contributed by atoms with Crippen molar-refractivity contribution >= 4 is 13.3 Å². The third-order valence-electron chi connectivity index (χ3n) is 1.81. The van der Waals surface area contributed by atoms with Crippen molar-refractivity contribution in [1.29, 1.82) is 0 Å². The van der Waals surface area contributed by atoms with Gasteiger partial charge in [0.15, 0.2) is 0 Å². The van der Waals surface area contributed by atoms with Gasteiger partial charge in [0.2, 0.25) is 0 Å². The number of aliphatic carboxylic acids is 1. The van der Waals surface area contributed by atoms with Crippen LogP contribution in [0.2, 0.25) is 0 Å². The first-order valence-electron chi connectivity index (χ1n) is 5.32. The zero-order valence-electron chi connectivity index (χ0n) is 10.5. The molecule has 103 valence electrons. The van der Waals surface area contributed by atoms with Crippen LogP contribution in [0.15, 0.2) is 0 Å². The van der Waals surface area contributed by atoms with E-state index in [0.29, 0.717) is 5.41 Å². The molecule has 0 aromatic rings. The molecule has 5 nitrogen and oxygen atoms in total. The third-order valence-corrected chi connectivity index (χ3v) is 1.81. The maximum absolute atomic E-state index is 10.0. The molecular weight excluding hydrogens is 266 g/mol. The van der Waals surface area contributed by atoms with Crippen molar-refractivity contribution in [3.8, 4) is 0 Å². The van der Waals surface area contributed by atoms with Gasteiger partial charge >= 0.3 is 0 Å². The van der Waals surface area contributed by atoms with Crippen LogP contribution in [-0.2, 0) is 21.9 Å². The molecule has 0 fully saturated rings. The molecule has 0 rings (SSSR count). The Bertz CT molecular complexity index is 179. The average Bonchev–Trinajstić information content (AvgIpc) is 1.99. The molecule has 0 saturated heterocycles. The van der Waals surface area contributed by atoms with Crippen molar-refractivity contribution < 1.29 is 42.0 Å². The molecular formula is C10H19BMnO5-4. The van der Waals surface area contributed by atoms with Crippen LogP contribution in [-0.4, -0.2) is 13.3 Å². The van der Waals surface area contributed by atoms with Crippen LogP contribution in [0.3, 0.4) is 0 Å². The summed E-state index contributed by atoms with van der Waals surface area (Å²) in [4.78, 5) is 10.0. The second-order valence-corrected chi connectivity index (χ2v) is 4.78. The second kappa shape index (κ2) is 12.4. The van der Waals surface area contributed by atoms with Crippen molar-refractivity contribution in [3.05, 3.63) is 0 Å². The van der Waals surface area contributed by atoms with E-state index in [9.17, 15) is 9.90 Å². The summed E-state index contributed by atoms with van der Waals surface area (Å²) < 4.78 is 0. The molecule has 0 aliphatic heterocycles. The fourth-order valence-electron chi connectivity index (χ4n) is 1.10. The molecule has 0 bridgehead atoms. The van der Waals surface area contributed by atoms with E-state index in [2.05, 4.69) is 20.8 Å². The minimum Gasteiger partial charge on any atom is -0.907 e. The number of hydrogen-bond donors (Lipinski definition) is 0. The van der Waals surface area contributed by atoms with E-state index in [0.717, 1.165) is 19.3 Å². The summed E-state index contributed by atoms with van der Waals surface area (Å²) in [6.07, 6.45) is 4.27. The zero-order chi connectivity index (χ0) is 13.2. The van der Waals surface area contributed by atoms with Crippen molar-refractivity contribution in [2.75, 3.05) is 0 Å². The molecule has 17 heavy (non-hydrogen) atoms. The molecule has 0 heterocycles. The number of carbonyl (C=O) groups excluding carboxylic acids is 1. The third kappa shape index (κ3) is 38.8. The Morgan fingerprint density at radius 2 is 1.47 bits per heavy atom. The topological polar surface area (TPSA) is 109 Å². The smallest absolute Gasteiger partial charge is 0.0414 e. The van der Waals surface area contributed by atoms with Crippen molar-refractivity contribution in [3.63, 3.8) is 0 Å². The number of unbranched alkanes of at least 4 members (excludes halogenated alkanes) is 2. The van der Waals surface area contributed by atoms with Crippen LogP contribution in [0.1, 0.15) is 52.9 Å². The van der Waals surface area contributed by atoms with E-state index >= 15 is 0 Å². The molecule has 0 aromatic carbocycles. The number of rotatable bonds is 5.